The molecule has 1 aromatic heterocycles. The highest BCUT2D eigenvalue weighted by atomic mass is 16.5. The van der Waals surface area contributed by atoms with E-state index in [4.69, 9.17) is 4.74 Å². The predicted octanol–water partition coefficient (Wildman–Crippen LogP) is 1.47. The van der Waals surface area contributed by atoms with Gasteiger partial charge in [0.05, 0.1) is 17.9 Å². The minimum Gasteiger partial charge on any atom is -0.384 e. The summed E-state index contributed by atoms with van der Waals surface area (Å²) in [6.45, 7) is 5.35. The summed E-state index contributed by atoms with van der Waals surface area (Å²) in [4.78, 5) is 10.8. The fraction of sp³-hybridized carbons (Fsp3) is 0.600. The molecule has 0 N–H and O–H groups in total. The van der Waals surface area contributed by atoms with Crippen molar-refractivity contribution in [2.24, 2.45) is 0 Å². The number of carbonyl (C=O) groups is 1. The lowest BCUT2D eigenvalue weighted by molar-refractivity contribution is 0.112. The van der Waals surface area contributed by atoms with Crippen LogP contribution in [0.3, 0.4) is 0 Å². The van der Waals surface area contributed by atoms with Crippen molar-refractivity contribution in [3.8, 4) is 0 Å². The molecule has 0 fully saturated rings. The average Bonchev–Trinajstić information content (AvgIpc) is 2.61. The Bertz CT molecular complexity index is 307. The molecule has 1 unspecified atom stereocenters. The fourth-order valence-corrected chi connectivity index (χ4v) is 1.42. The molecule has 0 bridgehead atoms. The molecule has 0 aliphatic heterocycles. The maximum Gasteiger partial charge on any atom is 0.153 e. The molecule has 4 heteroatoms. The number of aryl methyl sites for hydroxylation is 1. The summed E-state index contributed by atoms with van der Waals surface area (Å²) in [6.07, 6.45) is 2.62. The minimum absolute atomic E-state index is 0.160. The number of aromatic nitrogens is 2. The molecule has 4 nitrogen and oxygen atoms in total. The van der Waals surface area contributed by atoms with Gasteiger partial charge in [-0.1, -0.05) is 6.92 Å². The normalized spacial score (nSPS) is 12.8. The van der Waals surface area contributed by atoms with Crippen molar-refractivity contribution in [1.82, 2.24) is 9.78 Å². The second-order valence-corrected chi connectivity index (χ2v) is 3.30. The zero-order valence-electron chi connectivity index (χ0n) is 8.86. The van der Waals surface area contributed by atoms with E-state index in [9.17, 15) is 4.79 Å². The van der Waals surface area contributed by atoms with Gasteiger partial charge in [-0.05, 0) is 6.92 Å². The van der Waals surface area contributed by atoms with Crippen LogP contribution in [0.1, 0.15) is 35.8 Å². The van der Waals surface area contributed by atoms with Gasteiger partial charge in [-0.2, -0.15) is 5.10 Å². The molecular formula is C10H16N2O2. The van der Waals surface area contributed by atoms with E-state index in [1.165, 1.54) is 0 Å². The molecule has 1 heterocycles. The highest BCUT2D eigenvalue weighted by molar-refractivity contribution is 5.76. The Morgan fingerprint density at radius 1 is 1.71 bits per heavy atom. The topological polar surface area (TPSA) is 44.1 Å². The van der Waals surface area contributed by atoms with Crippen molar-refractivity contribution in [3.05, 3.63) is 17.5 Å². The van der Waals surface area contributed by atoms with Gasteiger partial charge >= 0.3 is 0 Å². The third-order valence-electron chi connectivity index (χ3n) is 2.15. The van der Waals surface area contributed by atoms with Crippen molar-refractivity contribution in [2.45, 2.75) is 26.3 Å². The Morgan fingerprint density at radius 2 is 2.43 bits per heavy atom. The van der Waals surface area contributed by atoms with E-state index in [0.717, 1.165) is 18.5 Å². The lowest BCUT2D eigenvalue weighted by atomic mass is 10.1. The van der Waals surface area contributed by atoms with E-state index in [2.05, 4.69) is 5.10 Å². The van der Waals surface area contributed by atoms with Crippen LogP contribution in [0, 0.1) is 0 Å². The third-order valence-corrected chi connectivity index (χ3v) is 2.15. The van der Waals surface area contributed by atoms with Gasteiger partial charge in [-0.15, -0.1) is 0 Å². The van der Waals surface area contributed by atoms with Crippen molar-refractivity contribution >= 4 is 6.29 Å². The predicted molar refractivity (Wildman–Crippen MR) is 53.6 cm³/mol. The molecular weight excluding hydrogens is 180 g/mol. The van der Waals surface area contributed by atoms with Crippen molar-refractivity contribution in [2.75, 3.05) is 13.7 Å². The summed E-state index contributed by atoms with van der Waals surface area (Å²) in [5.74, 6) is 0.160. The van der Waals surface area contributed by atoms with Crippen LogP contribution in [0.5, 0.6) is 0 Å². The molecule has 1 rings (SSSR count). The van der Waals surface area contributed by atoms with Crippen LogP contribution in [0.2, 0.25) is 0 Å². The summed E-state index contributed by atoms with van der Waals surface area (Å²) < 4.78 is 6.80. The summed E-state index contributed by atoms with van der Waals surface area (Å²) in [6, 6.07) is 0. The molecule has 1 atom stereocenters. The Morgan fingerprint density at radius 3 is 2.93 bits per heavy atom. The lowest BCUT2D eigenvalue weighted by Crippen LogP contribution is -2.05. The second kappa shape index (κ2) is 4.91. The van der Waals surface area contributed by atoms with E-state index in [1.807, 2.05) is 13.8 Å². The molecule has 0 aromatic carbocycles. The van der Waals surface area contributed by atoms with Gasteiger partial charge in [0.25, 0.3) is 0 Å². The van der Waals surface area contributed by atoms with Crippen molar-refractivity contribution in [3.63, 3.8) is 0 Å². The second-order valence-electron chi connectivity index (χ2n) is 3.30. The van der Waals surface area contributed by atoms with Crippen LogP contribution in [0.4, 0.5) is 0 Å². The molecule has 0 spiro atoms. The van der Waals surface area contributed by atoms with E-state index in [0.29, 0.717) is 12.2 Å². The Labute approximate surface area is 83.9 Å². The molecule has 14 heavy (non-hydrogen) atoms. The highest BCUT2D eigenvalue weighted by Gasteiger charge is 2.14. The zero-order valence-corrected chi connectivity index (χ0v) is 8.86. The summed E-state index contributed by atoms with van der Waals surface area (Å²) in [5, 5.41) is 4.32. The first-order valence-corrected chi connectivity index (χ1v) is 4.74. The average molecular weight is 196 g/mol. The smallest absolute Gasteiger partial charge is 0.153 e. The van der Waals surface area contributed by atoms with E-state index >= 15 is 0 Å². The summed E-state index contributed by atoms with van der Waals surface area (Å²) in [7, 11) is 1.65. The van der Waals surface area contributed by atoms with Gasteiger partial charge in [0.2, 0.25) is 0 Å². The van der Waals surface area contributed by atoms with Gasteiger partial charge in [-0.25, -0.2) is 0 Å². The standard InChI is InChI=1S/C10H16N2O2/c1-4-12-5-9(6-13)10(11-12)8(2)7-14-3/h5-6,8H,4,7H2,1-3H3. The molecule has 0 aliphatic carbocycles. The highest BCUT2D eigenvalue weighted by Crippen LogP contribution is 2.16. The van der Waals surface area contributed by atoms with Crippen LogP contribution in [0.15, 0.2) is 6.20 Å². The number of rotatable bonds is 5. The van der Waals surface area contributed by atoms with Crippen LogP contribution in [0.25, 0.3) is 0 Å². The van der Waals surface area contributed by atoms with Gasteiger partial charge in [-0.3, -0.25) is 9.48 Å². The molecule has 0 saturated heterocycles. The maximum absolute atomic E-state index is 10.8. The van der Waals surface area contributed by atoms with Gasteiger partial charge in [0.15, 0.2) is 6.29 Å². The van der Waals surface area contributed by atoms with E-state index in [1.54, 1.807) is 18.0 Å². The Kier molecular flexibility index (Phi) is 3.83. The number of hydrogen-bond donors (Lipinski definition) is 0. The van der Waals surface area contributed by atoms with E-state index in [-0.39, 0.29) is 5.92 Å². The number of hydrogen-bond acceptors (Lipinski definition) is 3. The van der Waals surface area contributed by atoms with Crippen LogP contribution < -0.4 is 0 Å². The largest absolute Gasteiger partial charge is 0.384 e. The molecule has 1 aromatic rings. The van der Waals surface area contributed by atoms with Crippen LogP contribution in [-0.4, -0.2) is 29.8 Å². The Hall–Kier alpha value is -1.16. The minimum atomic E-state index is 0.160. The van der Waals surface area contributed by atoms with Crippen molar-refractivity contribution in [1.29, 1.82) is 0 Å². The first-order chi connectivity index (χ1) is 6.72. The summed E-state index contributed by atoms with van der Waals surface area (Å²) in [5.41, 5.74) is 1.49. The van der Waals surface area contributed by atoms with Crippen LogP contribution in [-0.2, 0) is 11.3 Å². The Balaban J connectivity index is 2.93. The van der Waals surface area contributed by atoms with E-state index < -0.39 is 0 Å². The van der Waals surface area contributed by atoms with Gasteiger partial charge in [0.1, 0.15) is 0 Å². The first kappa shape index (κ1) is 10.9. The van der Waals surface area contributed by atoms with Crippen molar-refractivity contribution < 1.29 is 9.53 Å². The van der Waals surface area contributed by atoms with Crippen LogP contribution >= 0.6 is 0 Å². The third kappa shape index (κ3) is 2.20. The lowest BCUT2D eigenvalue weighted by Gasteiger charge is -2.07. The zero-order chi connectivity index (χ0) is 10.6. The molecule has 0 radical (unpaired) electrons. The summed E-state index contributed by atoms with van der Waals surface area (Å²) >= 11 is 0. The number of nitrogens with zero attached hydrogens (tertiary/aromatic N) is 2. The van der Waals surface area contributed by atoms with Gasteiger partial charge in [0, 0.05) is 25.8 Å². The molecule has 78 valence electrons. The SMILES string of the molecule is CCn1cc(C=O)c(C(C)COC)n1. The molecule has 0 saturated carbocycles. The number of methoxy groups -OCH3 is 1. The van der Waals surface area contributed by atoms with Gasteiger partial charge < -0.3 is 4.74 Å². The monoisotopic (exact) mass is 196 g/mol. The fourth-order valence-electron chi connectivity index (χ4n) is 1.42. The molecule has 0 amide bonds. The number of carbonyl (C=O) groups excluding carboxylic acids is 1. The number of ether oxygens (including phenoxy) is 1. The maximum atomic E-state index is 10.8. The molecule has 0 aliphatic rings. The quantitative estimate of drug-likeness (QED) is 0.670. The first-order valence-electron chi connectivity index (χ1n) is 4.74. The number of aldehydes is 1.